The van der Waals surface area contributed by atoms with Crippen molar-refractivity contribution in [3.05, 3.63) is 54.1 Å². The van der Waals surface area contributed by atoms with Gasteiger partial charge in [0.05, 0.1) is 19.4 Å². The van der Waals surface area contributed by atoms with Crippen LogP contribution in [-0.4, -0.2) is 19.7 Å². The molecule has 0 saturated carbocycles. The van der Waals surface area contributed by atoms with Crippen LogP contribution < -0.4 is 20.1 Å². The molecule has 0 aliphatic heterocycles. The molecule has 0 heterocycles. The van der Waals surface area contributed by atoms with Crippen LogP contribution >= 0.6 is 0 Å². The minimum Gasteiger partial charge on any atom is -0.495 e. The summed E-state index contributed by atoms with van der Waals surface area (Å²) in [5, 5.41) is 5.57. The third kappa shape index (κ3) is 4.41. The van der Waals surface area contributed by atoms with Gasteiger partial charge >= 0.3 is 6.03 Å². The van der Waals surface area contributed by atoms with Crippen molar-refractivity contribution >= 4 is 11.7 Å². The van der Waals surface area contributed by atoms with Crippen LogP contribution in [0.15, 0.2) is 48.5 Å². The Morgan fingerprint density at radius 2 is 1.95 bits per heavy atom. The van der Waals surface area contributed by atoms with Crippen molar-refractivity contribution in [1.29, 1.82) is 0 Å². The number of anilines is 1. The molecule has 2 N–H and O–H groups in total. The lowest BCUT2D eigenvalue weighted by Gasteiger charge is -2.11. The van der Waals surface area contributed by atoms with Crippen molar-refractivity contribution in [2.45, 2.75) is 13.5 Å². The zero-order valence-electron chi connectivity index (χ0n) is 12.8. The Labute approximate surface area is 130 Å². The summed E-state index contributed by atoms with van der Waals surface area (Å²) in [6.45, 7) is 2.97. The SMILES string of the molecule is CCOc1cccc(CNC(=O)Nc2ccccc2OC)c1. The fourth-order valence-corrected chi connectivity index (χ4v) is 2.01. The van der Waals surface area contributed by atoms with Crippen molar-refractivity contribution in [2.75, 3.05) is 19.0 Å². The fraction of sp³-hybridized carbons (Fsp3) is 0.235. The molecule has 2 aromatic carbocycles. The molecule has 0 radical (unpaired) electrons. The number of carbonyl (C=O) groups excluding carboxylic acids is 1. The Kier molecular flexibility index (Phi) is 5.65. The van der Waals surface area contributed by atoms with Crippen LogP contribution in [0, 0.1) is 0 Å². The van der Waals surface area contributed by atoms with Gasteiger partial charge < -0.3 is 20.1 Å². The average molecular weight is 300 g/mol. The highest BCUT2D eigenvalue weighted by Crippen LogP contribution is 2.22. The Morgan fingerprint density at radius 1 is 1.14 bits per heavy atom. The zero-order valence-corrected chi connectivity index (χ0v) is 12.8. The average Bonchev–Trinajstić information content (AvgIpc) is 2.54. The number of amides is 2. The van der Waals surface area contributed by atoms with E-state index in [1.165, 1.54) is 0 Å². The van der Waals surface area contributed by atoms with Crippen LogP contribution in [0.5, 0.6) is 11.5 Å². The van der Waals surface area contributed by atoms with Gasteiger partial charge in [0.25, 0.3) is 0 Å². The van der Waals surface area contributed by atoms with Crippen LogP contribution in [0.2, 0.25) is 0 Å². The molecule has 2 amide bonds. The van der Waals surface area contributed by atoms with Gasteiger partial charge in [-0.1, -0.05) is 24.3 Å². The molecule has 116 valence electrons. The van der Waals surface area contributed by atoms with Gasteiger partial charge in [0.15, 0.2) is 0 Å². The van der Waals surface area contributed by atoms with Gasteiger partial charge in [-0.25, -0.2) is 4.79 Å². The number of hydrogen-bond donors (Lipinski definition) is 2. The number of rotatable bonds is 6. The summed E-state index contributed by atoms with van der Waals surface area (Å²) < 4.78 is 10.6. The van der Waals surface area contributed by atoms with Gasteiger partial charge in [-0.15, -0.1) is 0 Å². The number of ether oxygens (including phenoxy) is 2. The maximum absolute atomic E-state index is 12.0. The summed E-state index contributed by atoms with van der Waals surface area (Å²) >= 11 is 0. The van der Waals surface area contributed by atoms with Crippen molar-refractivity contribution in [2.24, 2.45) is 0 Å². The van der Waals surface area contributed by atoms with Gasteiger partial charge in [-0.3, -0.25) is 0 Å². The van der Waals surface area contributed by atoms with Crippen LogP contribution in [0.4, 0.5) is 10.5 Å². The van der Waals surface area contributed by atoms with Crippen molar-refractivity contribution < 1.29 is 14.3 Å². The standard InChI is InChI=1S/C17H20N2O3/c1-3-22-14-8-6-7-13(11-14)12-18-17(20)19-15-9-4-5-10-16(15)21-2/h4-11H,3,12H2,1-2H3,(H2,18,19,20). The van der Waals surface area contributed by atoms with E-state index >= 15 is 0 Å². The molecule has 0 spiro atoms. The summed E-state index contributed by atoms with van der Waals surface area (Å²) in [7, 11) is 1.57. The van der Waals surface area contributed by atoms with Gasteiger partial charge in [-0.05, 0) is 36.8 Å². The molecule has 22 heavy (non-hydrogen) atoms. The Balaban J connectivity index is 1.91. The molecule has 2 aromatic rings. The van der Waals surface area contributed by atoms with E-state index in [4.69, 9.17) is 9.47 Å². The number of para-hydroxylation sites is 2. The number of hydrogen-bond acceptors (Lipinski definition) is 3. The number of methoxy groups -OCH3 is 1. The second kappa shape index (κ2) is 7.93. The molecule has 2 rings (SSSR count). The van der Waals surface area contributed by atoms with Crippen molar-refractivity contribution in [1.82, 2.24) is 5.32 Å². The highest BCUT2D eigenvalue weighted by molar-refractivity contribution is 5.90. The molecular weight excluding hydrogens is 280 g/mol. The molecule has 0 unspecified atom stereocenters. The first kappa shape index (κ1) is 15.7. The van der Waals surface area contributed by atoms with Gasteiger partial charge in [0, 0.05) is 6.54 Å². The second-order valence-electron chi connectivity index (χ2n) is 4.59. The number of carbonyl (C=O) groups is 1. The smallest absolute Gasteiger partial charge is 0.319 e. The Bertz CT molecular complexity index is 629. The lowest BCUT2D eigenvalue weighted by molar-refractivity contribution is 0.251. The quantitative estimate of drug-likeness (QED) is 0.859. The molecule has 0 aliphatic rings. The highest BCUT2D eigenvalue weighted by atomic mass is 16.5. The van der Waals surface area contributed by atoms with Crippen molar-refractivity contribution in [3.63, 3.8) is 0 Å². The predicted octanol–water partition coefficient (Wildman–Crippen LogP) is 3.42. The van der Waals surface area contributed by atoms with Crippen LogP contribution in [-0.2, 0) is 6.54 Å². The zero-order chi connectivity index (χ0) is 15.8. The summed E-state index contributed by atoms with van der Waals surface area (Å²) in [5.74, 6) is 1.42. The topological polar surface area (TPSA) is 59.6 Å². The summed E-state index contributed by atoms with van der Waals surface area (Å²) in [6.07, 6.45) is 0. The molecule has 0 aliphatic carbocycles. The first-order valence-corrected chi connectivity index (χ1v) is 7.12. The van der Waals surface area contributed by atoms with Crippen LogP contribution in [0.1, 0.15) is 12.5 Å². The lowest BCUT2D eigenvalue weighted by Crippen LogP contribution is -2.28. The minimum atomic E-state index is -0.286. The number of urea groups is 1. The number of nitrogens with one attached hydrogen (secondary N) is 2. The normalized spacial score (nSPS) is 9.91. The van der Waals surface area contributed by atoms with Crippen molar-refractivity contribution in [3.8, 4) is 11.5 Å². The Morgan fingerprint density at radius 3 is 2.73 bits per heavy atom. The van der Waals surface area contributed by atoms with Gasteiger partial charge in [-0.2, -0.15) is 0 Å². The first-order chi connectivity index (χ1) is 10.7. The van der Waals surface area contributed by atoms with E-state index in [2.05, 4.69) is 10.6 Å². The lowest BCUT2D eigenvalue weighted by atomic mass is 10.2. The first-order valence-electron chi connectivity index (χ1n) is 7.12. The van der Waals surface area contributed by atoms with E-state index in [9.17, 15) is 4.79 Å². The molecule has 0 aromatic heterocycles. The molecular formula is C17H20N2O3. The summed E-state index contributed by atoms with van der Waals surface area (Å²) in [5.41, 5.74) is 1.60. The summed E-state index contributed by atoms with van der Waals surface area (Å²) in [6, 6.07) is 14.6. The van der Waals surface area contributed by atoms with E-state index < -0.39 is 0 Å². The highest BCUT2D eigenvalue weighted by Gasteiger charge is 2.06. The Hall–Kier alpha value is -2.69. The molecule has 0 saturated heterocycles. The van der Waals surface area contributed by atoms with E-state index in [-0.39, 0.29) is 6.03 Å². The molecule has 0 atom stereocenters. The van der Waals surface area contributed by atoms with E-state index in [0.29, 0.717) is 24.6 Å². The van der Waals surface area contributed by atoms with Gasteiger partial charge in [0.1, 0.15) is 11.5 Å². The molecule has 0 fully saturated rings. The third-order valence-electron chi connectivity index (χ3n) is 3.02. The number of benzene rings is 2. The maximum atomic E-state index is 12.0. The van der Waals surface area contributed by atoms with Crippen LogP contribution in [0.3, 0.4) is 0 Å². The van der Waals surface area contributed by atoms with Gasteiger partial charge in [0.2, 0.25) is 0 Å². The molecule has 0 bridgehead atoms. The maximum Gasteiger partial charge on any atom is 0.319 e. The fourth-order valence-electron chi connectivity index (χ4n) is 2.01. The molecule has 5 nitrogen and oxygen atoms in total. The van der Waals surface area contributed by atoms with E-state index in [1.807, 2.05) is 43.3 Å². The van der Waals surface area contributed by atoms with E-state index in [1.54, 1.807) is 19.2 Å². The monoisotopic (exact) mass is 300 g/mol. The largest absolute Gasteiger partial charge is 0.495 e. The molecule has 5 heteroatoms. The summed E-state index contributed by atoms with van der Waals surface area (Å²) in [4.78, 5) is 12.0. The second-order valence-corrected chi connectivity index (χ2v) is 4.59. The van der Waals surface area contributed by atoms with E-state index in [0.717, 1.165) is 11.3 Å². The third-order valence-corrected chi connectivity index (χ3v) is 3.02. The minimum absolute atomic E-state index is 0.286. The van der Waals surface area contributed by atoms with Crippen LogP contribution in [0.25, 0.3) is 0 Å². The predicted molar refractivity (Wildman–Crippen MR) is 86.5 cm³/mol.